The van der Waals surface area contributed by atoms with E-state index in [2.05, 4.69) is 9.97 Å². The van der Waals surface area contributed by atoms with Crippen molar-refractivity contribution in [2.24, 2.45) is 5.92 Å². The summed E-state index contributed by atoms with van der Waals surface area (Å²) in [6.07, 6.45) is 3.43. The van der Waals surface area contributed by atoms with Crippen LogP contribution in [0.15, 0.2) is 12.3 Å². The SMILES string of the molecule is Cc1ccnc(OC[C@H]2CCCN(C(=O)OC(C)(C)C)C2)n1. The molecule has 1 aromatic rings. The molecule has 0 unspecified atom stereocenters. The summed E-state index contributed by atoms with van der Waals surface area (Å²) in [5.41, 5.74) is 0.416. The Morgan fingerprint density at radius 1 is 1.45 bits per heavy atom. The molecule has 2 heterocycles. The smallest absolute Gasteiger partial charge is 0.410 e. The van der Waals surface area contributed by atoms with E-state index >= 15 is 0 Å². The third kappa shape index (κ3) is 5.16. The fourth-order valence-corrected chi connectivity index (χ4v) is 2.38. The van der Waals surface area contributed by atoms with E-state index in [1.54, 1.807) is 11.1 Å². The summed E-state index contributed by atoms with van der Waals surface area (Å²) in [4.78, 5) is 22.2. The van der Waals surface area contributed by atoms with Gasteiger partial charge in [-0.1, -0.05) is 0 Å². The molecular weight excluding hydrogens is 282 g/mol. The number of likely N-dealkylation sites (tertiary alicyclic amines) is 1. The second-order valence-electron chi connectivity index (χ2n) is 6.73. The molecule has 1 fully saturated rings. The van der Waals surface area contributed by atoms with Gasteiger partial charge >= 0.3 is 12.1 Å². The highest BCUT2D eigenvalue weighted by molar-refractivity contribution is 5.68. The van der Waals surface area contributed by atoms with E-state index in [0.29, 0.717) is 19.2 Å². The van der Waals surface area contributed by atoms with Crippen LogP contribution in [0.4, 0.5) is 4.79 Å². The van der Waals surface area contributed by atoms with Crippen molar-refractivity contribution in [1.82, 2.24) is 14.9 Å². The number of rotatable bonds is 3. The lowest BCUT2D eigenvalue weighted by Gasteiger charge is -2.33. The maximum atomic E-state index is 12.1. The van der Waals surface area contributed by atoms with Crippen molar-refractivity contribution >= 4 is 6.09 Å². The topological polar surface area (TPSA) is 64.5 Å². The average Bonchev–Trinajstić information content (AvgIpc) is 2.44. The molecule has 1 aliphatic heterocycles. The molecular formula is C16H25N3O3. The Morgan fingerprint density at radius 2 is 2.23 bits per heavy atom. The predicted molar refractivity (Wildman–Crippen MR) is 82.8 cm³/mol. The van der Waals surface area contributed by atoms with Crippen LogP contribution in [0.1, 0.15) is 39.3 Å². The minimum Gasteiger partial charge on any atom is -0.463 e. The normalized spacial score (nSPS) is 18.9. The van der Waals surface area contributed by atoms with Crippen molar-refractivity contribution in [3.63, 3.8) is 0 Å². The molecule has 1 amide bonds. The van der Waals surface area contributed by atoms with Gasteiger partial charge in [-0.05, 0) is 46.6 Å². The van der Waals surface area contributed by atoms with Gasteiger partial charge in [-0.3, -0.25) is 0 Å². The summed E-state index contributed by atoms with van der Waals surface area (Å²) in [6.45, 7) is 9.45. The molecule has 0 spiro atoms. The molecule has 1 aliphatic rings. The molecule has 122 valence electrons. The van der Waals surface area contributed by atoms with Crippen molar-refractivity contribution in [1.29, 1.82) is 0 Å². The monoisotopic (exact) mass is 307 g/mol. The molecule has 2 rings (SSSR count). The van der Waals surface area contributed by atoms with Gasteiger partial charge < -0.3 is 14.4 Å². The number of aryl methyl sites for hydroxylation is 1. The Kier molecular flexibility index (Phi) is 5.21. The van der Waals surface area contributed by atoms with Crippen LogP contribution in [-0.2, 0) is 4.74 Å². The first-order chi connectivity index (χ1) is 10.3. The first-order valence-electron chi connectivity index (χ1n) is 7.74. The van der Waals surface area contributed by atoms with E-state index in [9.17, 15) is 4.79 Å². The number of aromatic nitrogens is 2. The van der Waals surface area contributed by atoms with Crippen LogP contribution in [0.3, 0.4) is 0 Å². The quantitative estimate of drug-likeness (QED) is 0.859. The van der Waals surface area contributed by atoms with Crippen LogP contribution in [0.2, 0.25) is 0 Å². The Bertz CT molecular complexity index is 514. The number of hydrogen-bond donors (Lipinski definition) is 0. The summed E-state index contributed by atoms with van der Waals surface area (Å²) in [5, 5.41) is 0. The number of carbonyl (C=O) groups is 1. The summed E-state index contributed by atoms with van der Waals surface area (Å²) >= 11 is 0. The van der Waals surface area contributed by atoms with Crippen molar-refractivity contribution < 1.29 is 14.3 Å². The minimum atomic E-state index is -0.462. The molecule has 0 bridgehead atoms. The summed E-state index contributed by atoms with van der Waals surface area (Å²) in [7, 11) is 0. The highest BCUT2D eigenvalue weighted by Crippen LogP contribution is 2.20. The summed E-state index contributed by atoms with van der Waals surface area (Å²) in [5.74, 6) is 0.283. The number of amides is 1. The van der Waals surface area contributed by atoms with Gasteiger partial charge in [0.2, 0.25) is 0 Å². The highest BCUT2D eigenvalue weighted by atomic mass is 16.6. The number of nitrogens with zero attached hydrogens (tertiary/aromatic N) is 3. The van der Waals surface area contributed by atoms with E-state index in [-0.39, 0.29) is 12.0 Å². The van der Waals surface area contributed by atoms with E-state index in [0.717, 1.165) is 25.1 Å². The lowest BCUT2D eigenvalue weighted by Crippen LogP contribution is -2.44. The fraction of sp³-hybridized carbons (Fsp3) is 0.688. The molecule has 0 aromatic carbocycles. The van der Waals surface area contributed by atoms with E-state index in [4.69, 9.17) is 9.47 Å². The maximum absolute atomic E-state index is 12.1. The molecule has 0 N–H and O–H groups in total. The number of carbonyl (C=O) groups excluding carboxylic acids is 1. The van der Waals surface area contributed by atoms with Gasteiger partial charge in [0.25, 0.3) is 0 Å². The molecule has 0 radical (unpaired) electrons. The van der Waals surface area contributed by atoms with Gasteiger partial charge in [-0.2, -0.15) is 0 Å². The third-order valence-electron chi connectivity index (χ3n) is 3.39. The number of hydrogen-bond acceptors (Lipinski definition) is 5. The first-order valence-corrected chi connectivity index (χ1v) is 7.74. The zero-order valence-electron chi connectivity index (χ0n) is 13.8. The zero-order valence-corrected chi connectivity index (χ0v) is 13.8. The molecule has 6 heteroatoms. The molecule has 1 saturated heterocycles. The lowest BCUT2D eigenvalue weighted by atomic mass is 9.99. The van der Waals surface area contributed by atoms with Crippen molar-refractivity contribution in [2.45, 2.75) is 46.1 Å². The van der Waals surface area contributed by atoms with Gasteiger partial charge in [0.05, 0.1) is 6.61 Å². The molecule has 1 atom stereocenters. The standard InChI is InChI=1S/C16H25N3O3/c1-12-7-8-17-14(18-12)21-11-13-6-5-9-19(10-13)15(20)22-16(2,3)4/h7-8,13H,5-6,9-11H2,1-4H3/t13-/m0/s1. The molecule has 1 aromatic heterocycles. The summed E-state index contributed by atoms with van der Waals surface area (Å²) < 4.78 is 11.1. The van der Waals surface area contributed by atoms with E-state index in [1.165, 1.54) is 0 Å². The van der Waals surface area contributed by atoms with Crippen LogP contribution < -0.4 is 4.74 Å². The first kappa shape index (κ1) is 16.5. The van der Waals surface area contributed by atoms with Crippen molar-refractivity contribution in [3.8, 4) is 6.01 Å². The second kappa shape index (κ2) is 6.94. The second-order valence-corrected chi connectivity index (χ2v) is 6.73. The Labute approximate surface area is 131 Å². The van der Waals surface area contributed by atoms with Crippen LogP contribution in [0.25, 0.3) is 0 Å². The zero-order chi connectivity index (χ0) is 16.2. The highest BCUT2D eigenvalue weighted by Gasteiger charge is 2.28. The lowest BCUT2D eigenvalue weighted by molar-refractivity contribution is 0.0137. The Balaban J connectivity index is 1.84. The van der Waals surface area contributed by atoms with Gasteiger partial charge in [0, 0.05) is 30.9 Å². The summed E-state index contributed by atoms with van der Waals surface area (Å²) in [6, 6.07) is 2.23. The molecule has 6 nitrogen and oxygen atoms in total. The fourth-order valence-electron chi connectivity index (χ4n) is 2.38. The molecule has 0 saturated carbocycles. The third-order valence-corrected chi connectivity index (χ3v) is 3.39. The van der Waals surface area contributed by atoms with Gasteiger partial charge in [-0.25, -0.2) is 14.8 Å². The predicted octanol–water partition coefficient (Wildman–Crippen LogP) is 2.81. The van der Waals surface area contributed by atoms with Crippen LogP contribution >= 0.6 is 0 Å². The van der Waals surface area contributed by atoms with Gasteiger partial charge in [0.1, 0.15) is 5.60 Å². The van der Waals surface area contributed by atoms with Crippen molar-refractivity contribution in [3.05, 3.63) is 18.0 Å². The Morgan fingerprint density at radius 3 is 2.91 bits per heavy atom. The van der Waals surface area contributed by atoms with E-state index in [1.807, 2.05) is 33.8 Å². The van der Waals surface area contributed by atoms with Crippen LogP contribution in [0.5, 0.6) is 6.01 Å². The Hall–Kier alpha value is -1.85. The number of piperidine rings is 1. The largest absolute Gasteiger partial charge is 0.463 e. The van der Waals surface area contributed by atoms with Crippen molar-refractivity contribution in [2.75, 3.05) is 19.7 Å². The number of ether oxygens (including phenoxy) is 2. The molecule has 0 aliphatic carbocycles. The van der Waals surface area contributed by atoms with E-state index < -0.39 is 5.60 Å². The average molecular weight is 307 g/mol. The van der Waals surface area contributed by atoms with Crippen LogP contribution in [-0.4, -0.2) is 46.3 Å². The van der Waals surface area contributed by atoms with Gasteiger partial charge in [-0.15, -0.1) is 0 Å². The minimum absolute atomic E-state index is 0.246. The van der Waals surface area contributed by atoms with Gasteiger partial charge in [0.15, 0.2) is 0 Å². The maximum Gasteiger partial charge on any atom is 0.410 e. The van der Waals surface area contributed by atoms with Crippen LogP contribution in [0, 0.1) is 12.8 Å². The molecule has 22 heavy (non-hydrogen) atoms.